The maximum atomic E-state index is 12.8. The van der Waals surface area contributed by atoms with E-state index >= 15 is 0 Å². The molecule has 1 aromatic heterocycles. The summed E-state index contributed by atoms with van der Waals surface area (Å²) in [6, 6.07) is 22.2. The number of aromatic nitrogens is 1. The van der Waals surface area contributed by atoms with E-state index in [1.807, 2.05) is 48.5 Å². The van der Waals surface area contributed by atoms with Crippen LogP contribution in [-0.4, -0.2) is 25.1 Å². The second-order valence-corrected chi connectivity index (χ2v) is 6.82. The topological polar surface area (TPSA) is 69.7 Å². The van der Waals surface area contributed by atoms with Crippen molar-refractivity contribution in [3.8, 4) is 23.0 Å². The number of nitrogens with zero attached hydrogens (tertiary/aromatic N) is 1. The third-order valence-corrected chi connectivity index (χ3v) is 4.85. The van der Waals surface area contributed by atoms with Crippen LogP contribution in [0.4, 0.5) is 0 Å². The first-order valence-corrected chi connectivity index (χ1v) is 9.78. The molecule has 1 N–H and O–H groups in total. The fraction of sp³-hybridized carbons (Fsp3) is 0.120. The van der Waals surface area contributed by atoms with Crippen molar-refractivity contribution in [3.63, 3.8) is 0 Å². The van der Waals surface area contributed by atoms with E-state index in [9.17, 15) is 4.79 Å². The van der Waals surface area contributed by atoms with E-state index in [0.29, 0.717) is 29.4 Å². The smallest absolute Gasteiger partial charge is 0.251 e. The monoisotopic (exact) mass is 414 g/mol. The van der Waals surface area contributed by atoms with Gasteiger partial charge in [-0.3, -0.25) is 9.78 Å². The van der Waals surface area contributed by atoms with Gasteiger partial charge >= 0.3 is 0 Å². The lowest BCUT2D eigenvalue weighted by atomic mass is 10.1. The predicted octanol–water partition coefficient (Wildman–Crippen LogP) is 4.97. The quantitative estimate of drug-likeness (QED) is 0.462. The van der Waals surface area contributed by atoms with E-state index in [1.54, 1.807) is 44.7 Å². The maximum Gasteiger partial charge on any atom is 0.251 e. The lowest BCUT2D eigenvalue weighted by Gasteiger charge is -2.13. The number of carbonyl (C=O) groups is 1. The molecule has 0 saturated carbocycles. The molecule has 0 aliphatic carbocycles. The van der Waals surface area contributed by atoms with Gasteiger partial charge in [0.1, 0.15) is 23.0 Å². The number of fused-ring (bicyclic) bond motifs is 1. The molecule has 0 atom stereocenters. The normalized spacial score (nSPS) is 10.5. The van der Waals surface area contributed by atoms with Crippen molar-refractivity contribution in [1.82, 2.24) is 10.3 Å². The summed E-state index contributed by atoms with van der Waals surface area (Å²) < 4.78 is 16.8. The van der Waals surface area contributed by atoms with E-state index in [2.05, 4.69) is 10.3 Å². The molecule has 0 radical (unpaired) electrons. The summed E-state index contributed by atoms with van der Waals surface area (Å²) in [6.07, 6.45) is 1.69. The number of benzene rings is 3. The van der Waals surface area contributed by atoms with Crippen molar-refractivity contribution in [2.45, 2.75) is 6.54 Å². The molecule has 31 heavy (non-hydrogen) atoms. The Hall–Kier alpha value is -4.06. The van der Waals surface area contributed by atoms with Gasteiger partial charge < -0.3 is 19.5 Å². The van der Waals surface area contributed by atoms with Crippen LogP contribution in [-0.2, 0) is 6.54 Å². The largest absolute Gasteiger partial charge is 0.497 e. The average Bonchev–Trinajstić information content (AvgIpc) is 2.82. The Bertz CT molecular complexity index is 1220. The van der Waals surface area contributed by atoms with Crippen molar-refractivity contribution in [1.29, 1.82) is 0 Å². The molecule has 0 spiro atoms. The Morgan fingerprint density at radius 3 is 2.48 bits per heavy atom. The van der Waals surface area contributed by atoms with Crippen LogP contribution in [0, 0.1) is 0 Å². The first kappa shape index (κ1) is 20.2. The zero-order valence-corrected chi connectivity index (χ0v) is 17.3. The Morgan fingerprint density at radius 2 is 1.65 bits per heavy atom. The molecule has 0 saturated heterocycles. The number of para-hydroxylation sites is 2. The summed E-state index contributed by atoms with van der Waals surface area (Å²) in [7, 11) is 3.16. The average molecular weight is 414 g/mol. The molecule has 0 fully saturated rings. The molecule has 1 amide bonds. The van der Waals surface area contributed by atoms with Crippen LogP contribution >= 0.6 is 0 Å². The number of hydrogen-bond acceptors (Lipinski definition) is 5. The summed E-state index contributed by atoms with van der Waals surface area (Å²) in [6.45, 7) is 0.339. The molecule has 0 unspecified atom stereocenters. The Kier molecular flexibility index (Phi) is 5.98. The summed E-state index contributed by atoms with van der Waals surface area (Å²) in [4.78, 5) is 17.2. The van der Waals surface area contributed by atoms with Crippen molar-refractivity contribution in [2.75, 3.05) is 14.2 Å². The van der Waals surface area contributed by atoms with Gasteiger partial charge in [0.15, 0.2) is 0 Å². The zero-order valence-electron chi connectivity index (χ0n) is 17.3. The van der Waals surface area contributed by atoms with Crippen molar-refractivity contribution in [2.24, 2.45) is 0 Å². The van der Waals surface area contributed by atoms with Crippen LogP contribution in [0.1, 0.15) is 15.9 Å². The van der Waals surface area contributed by atoms with Gasteiger partial charge in [-0.2, -0.15) is 0 Å². The molecular formula is C25H22N2O4. The number of pyridine rings is 1. The molecule has 156 valence electrons. The highest BCUT2D eigenvalue weighted by molar-refractivity contribution is 5.95. The van der Waals surface area contributed by atoms with Gasteiger partial charge in [-0.1, -0.05) is 30.3 Å². The van der Waals surface area contributed by atoms with Crippen molar-refractivity contribution >= 4 is 16.8 Å². The number of ether oxygens (including phenoxy) is 3. The van der Waals surface area contributed by atoms with Crippen LogP contribution in [0.3, 0.4) is 0 Å². The number of rotatable bonds is 7. The number of carbonyl (C=O) groups excluding carboxylic acids is 1. The van der Waals surface area contributed by atoms with Crippen LogP contribution in [0.5, 0.6) is 23.0 Å². The zero-order chi connectivity index (χ0) is 21.6. The van der Waals surface area contributed by atoms with E-state index in [1.165, 1.54) is 0 Å². The first-order chi connectivity index (χ1) is 15.2. The Labute approximate surface area is 180 Å². The van der Waals surface area contributed by atoms with Gasteiger partial charge in [-0.25, -0.2) is 0 Å². The second-order valence-electron chi connectivity index (χ2n) is 6.82. The molecule has 0 aliphatic heterocycles. The molecule has 0 aliphatic rings. The van der Waals surface area contributed by atoms with E-state index < -0.39 is 0 Å². The maximum absolute atomic E-state index is 12.8. The molecule has 1 heterocycles. The summed E-state index contributed by atoms with van der Waals surface area (Å²) in [5, 5.41) is 3.81. The number of methoxy groups -OCH3 is 2. The molecule has 4 aromatic rings. The van der Waals surface area contributed by atoms with Crippen LogP contribution in [0.25, 0.3) is 10.9 Å². The summed E-state index contributed by atoms with van der Waals surface area (Å²) in [5.74, 6) is 2.16. The fourth-order valence-corrected chi connectivity index (χ4v) is 3.29. The van der Waals surface area contributed by atoms with Crippen LogP contribution in [0.15, 0.2) is 79.0 Å². The molecule has 3 aromatic carbocycles. The standard InChI is InChI=1S/C25H22N2O4/c1-29-19-13-18(25(28)27-16-17-7-3-6-10-23(17)30-2)14-20(15-19)31-24-11-12-26-22-9-5-4-8-21(22)24/h3-15H,16H2,1-2H3,(H,27,28). The van der Waals surface area contributed by atoms with Crippen molar-refractivity contribution < 1.29 is 19.0 Å². The van der Waals surface area contributed by atoms with Gasteiger partial charge in [-0.05, 0) is 36.4 Å². The highest BCUT2D eigenvalue weighted by atomic mass is 16.5. The highest BCUT2D eigenvalue weighted by Crippen LogP contribution is 2.31. The van der Waals surface area contributed by atoms with E-state index in [-0.39, 0.29) is 5.91 Å². The van der Waals surface area contributed by atoms with Crippen molar-refractivity contribution in [3.05, 3.63) is 90.1 Å². The predicted molar refractivity (Wildman–Crippen MR) is 119 cm³/mol. The number of nitrogens with one attached hydrogen (secondary N) is 1. The minimum Gasteiger partial charge on any atom is -0.497 e. The molecule has 0 bridgehead atoms. The van der Waals surface area contributed by atoms with Crippen LogP contribution in [0.2, 0.25) is 0 Å². The van der Waals surface area contributed by atoms with E-state index in [0.717, 1.165) is 22.2 Å². The lowest BCUT2D eigenvalue weighted by Crippen LogP contribution is -2.23. The number of hydrogen-bond donors (Lipinski definition) is 1. The second kappa shape index (κ2) is 9.17. The molecular weight excluding hydrogens is 392 g/mol. The molecule has 6 heteroatoms. The van der Waals surface area contributed by atoms with Gasteiger partial charge in [0.25, 0.3) is 5.91 Å². The first-order valence-electron chi connectivity index (χ1n) is 9.78. The minimum atomic E-state index is -0.241. The number of amides is 1. The molecule has 6 nitrogen and oxygen atoms in total. The Balaban J connectivity index is 1.57. The third-order valence-electron chi connectivity index (χ3n) is 4.85. The highest BCUT2D eigenvalue weighted by Gasteiger charge is 2.13. The Morgan fingerprint density at radius 1 is 0.871 bits per heavy atom. The van der Waals surface area contributed by atoms with Crippen LogP contribution < -0.4 is 19.5 Å². The summed E-state index contributed by atoms with van der Waals surface area (Å²) >= 11 is 0. The molecule has 4 rings (SSSR count). The van der Waals surface area contributed by atoms with Gasteiger partial charge in [0.05, 0.1) is 19.7 Å². The van der Waals surface area contributed by atoms with Gasteiger partial charge in [0.2, 0.25) is 0 Å². The van der Waals surface area contributed by atoms with E-state index in [4.69, 9.17) is 14.2 Å². The lowest BCUT2D eigenvalue weighted by molar-refractivity contribution is 0.0950. The van der Waals surface area contributed by atoms with Gasteiger partial charge in [-0.15, -0.1) is 0 Å². The minimum absolute atomic E-state index is 0.241. The SMILES string of the molecule is COc1cc(Oc2ccnc3ccccc23)cc(C(=O)NCc2ccccc2OC)c1. The third kappa shape index (κ3) is 4.59. The summed E-state index contributed by atoms with van der Waals surface area (Å²) in [5.41, 5.74) is 2.15. The van der Waals surface area contributed by atoms with Gasteiger partial charge in [0, 0.05) is 35.3 Å². The fourth-order valence-electron chi connectivity index (χ4n) is 3.29.